The van der Waals surface area contributed by atoms with E-state index in [1.807, 2.05) is 12.1 Å². The lowest BCUT2D eigenvalue weighted by Gasteiger charge is -2.31. The SMILES string of the molecule is CC(Nc1cccc(CN2CCCC(C(N)=O)C2)c1)c1ccco1. The summed E-state index contributed by atoms with van der Waals surface area (Å²) in [6, 6.07) is 12.4. The van der Waals surface area contributed by atoms with Crippen molar-refractivity contribution in [2.24, 2.45) is 11.7 Å². The molecule has 2 heterocycles. The number of carbonyl (C=O) groups is 1. The molecule has 1 amide bonds. The van der Waals surface area contributed by atoms with Crippen molar-refractivity contribution in [2.75, 3.05) is 18.4 Å². The highest BCUT2D eigenvalue weighted by Gasteiger charge is 2.23. The Balaban J connectivity index is 1.61. The number of rotatable bonds is 6. The summed E-state index contributed by atoms with van der Waals surface area (Å²) in [5.41, 5.74) is 7.77. The number of hydrogen-bond acceptors (Lipinski definition) is 4. The Bertz CT molecular complexity index is 669. The molecule has 1 saturated heterocycles. The molecule has 1 aromatic carbocycles. The Hall–Kier alpha value is -2.27. The second-order valence-corrected chi connectivity index (χ2v) is 6.56. The number of piperidine rings is 1. The molecule has 0 radical (unpaired) electrons. The molecule has 1 aliphatic rings. The zero-order valence-electron chi connectivity index (χ0n) is 14.1. The number of nitrogens with one attached hydrogen (secondary N) is 1. The highest BCUT2D eigenvalue weighted by atomic mass is 16.3. The molecule has 0 spiro atoms. The number of benzene rings is 1. The fraction of sp³-hybridized carbons (Fsp3) is 0.421. The summed E-state index contributed by atoms with van der Waals surface area (Å²) in [5, 5.41) is 3.46. The lowest BCUT2D eigenvalue weighted by Crippen LogP contribution is -2.40. The van der Waals surface area contributed by atoms with Gasteiger partial charge in [-0.25, -0.2) is 0 Å². The van der Waals surface area contributed by atoms with Gasteiger partial charge in [0, 0.05) is 18.8 Å². The standard InChI is InChI=1S/C19H25N3O2/c1-14(18-8-4-10-24-18)21-17-7-2-5-15(11-17)12-22-9-3-6-16(13-22)19(20)23/h2,4-5,7-8,10-11,14,16,21H,3,6,9,12-13H2,1H3,(H2,20,23). The molecule has 3 N–H and O–H groups in total. The predicted molar refractivity (Wildman–Crippen MR) is 94.4 cm³/mol. The number of nitrogens with two attached hydrogens (primary N) is 1. The zero-order valence-corrected chi connectivity index (χ0v) is 14.1. The number of amides is 1. The summed E-state index contributed by atoms with van der Waals surface area (Å²) < 4.78 is 5.44. The number of primary amides is 1. The van der Waals surface area contributed by atoms with Crippen LogP contribution in [0.3, 0.4) is 0 Å². The molecule has 128 valence electrons. The van der Waals surface area contributed by atoms with Crippen LogP contribution in [0, 0.1) is 5.92 Å². The quantitative estimate of drug-likeness (QED) is 0.855. The van der Waals surface area contributed by atoms with Gasteiger partial charge in [-0.2, -0.15) is 0 Å². The minimum atomic E-state index is -0.178. The smallest absolute Gasteiger partial charge is 0.221 e. The van der Waals surface area contributed by atoms with E-state index in [4.69, 9.17) is 10.2 Å². The summed E-state index contributed by atoms with van der Waals surface area (Å²) in [7, 11) is 0. The Kier molecular flexibility index (Phi) is 5.20. The van der Waals surface area contributed by atoms with E-state index in [0.717, 1.165) is 43.9 Å². The first-order valence-corrected chi connectivity index (χ1v) is 8.52. The first kappa shape index (κ1) is 16.6. The van der Waals surface area contributed by atoms with Gasteiger partial charge in [-0.3, -0.25) is 9.69 Å². The molecule has 24 heavy (non-hydrogen) atoms. The molecule has 5 nitrogen and oxygen atoms in total. The number of furan rings is 1. The minimum absolute atomic E-state index is 0.0148. The van der Waals surface area contributed by atoms with E-state index < -0.39 is 0 Å². The Morgan fingerprint density at radius 2 is 2.29 bits per heavy atom. The van der Waals surface area contributed by atoms with Crippen molar-refractivity contribution in [1.29, 1.82) is 0 Å². The number of nitrogens with zero attached hydrogens (tertiary/aromatic N) is 1. The Labute approximate surface area is 142 Å². The van der Waals surface area contributed by atoms with Crippen LogP contribution in [0.1, 0.15) is 37.1 Å². The molecule has 1 fully saturated rings. The second-order valence-electron chi connectivity index (χ2n) is 6.56. The minimum Gasteiger partial charge on any atom is -0.467 e. The van der Waals surface area contributed by atoms with Gasteiger partial charge in [-0.05, 0) is 56.1 Å². The van der Waals surface area contributed by atoms with E-state index in [-0.39, 0.29) is 17.9 Å². The molecule has 2 unspecified atom stereocenters. The number of likely N-dealkylation sites (tertiary alicyclic amines) is 1. The van der Waals surface area contributed by atoms with E-state index in [1.54, 1.807) is 6.26 Å². The van der Waals surface area contributed by atoms with E-state index in [9.17, 15) is 4.79 Å². The molecule has 1 aromatic heterocycles. The van der Waals surface area contributed by atoms with Gasteiger partial charge in [-0.15, -0.1) is 0 Å². The van der Waals surface area contributed by atoms with Crippen molar-refractivity contribution in [3.8, 4) is 0 Å². The van der Waals surface area contributed by atoms with Crippen LogP contribution in [0.15, 0.2) is 47.1 Å². The van der Waals surface area contributed by atoms with Crippen LogP contribution in [-0.4, -0.2) is 23.9 Å². The van der Waals surface area contributed by atoms with Crippen LogP contribution < -0.4 is 11.1 Å². The maximum absolute atomic E-state index is 11.4. The van der Waals surface area contributed by atoms with Gasteiger partial charge in [0.1, 0.15) is 5.76 Å². The van der Waals surface area contributed by atoms with Gasteiger partial charge < -0.3 is 15.5 Å². The summed E-state index contributed by atoms with van der Waals surface area (Å²) in [6.07, 6.45) is 3.63. The largest absolute Gasteiger partial charge is 0.467 e. The average Bonchev–Trinajstić information content (AvgIpc) is 3.10. The maximum Gasteiger partial charge on any atom is 0.221 e. The van der Waals surface area contributed by atoms with Crippen LogP contribution >= 0.6 is 0 Å². The molecular weight excluding hydrogens is 302 g/mol. The molecule has 2 atom stereocenters. The lowest BCUT2D eigenvalue weighted by atomic mass is 9.97. The van der Waals surface area contributed by atoms with Crippen molar-refractivity contribution < 1.29 is 9.21 Å². The van der Waals surface area contributed by atoms with E-state index in [2.05, 4.69) is 41.4 Å². The van der Waals surface area contributed by atoms with Crippen molar-refractivity contribution in [1.82, 2.24) is 4.90 Å². The van der Waals surface area contributed by atoms with Crippen molar-refractivity contribution >= 4 is 11.6 Å². The first-order chi connectivity index (χ1) is 11.6. The van der Waals surface area contributed by atoms with E-state index in [1.165, 1.54) is 5.56 Å². The highest BCUT2D eigenvalue weighted by Crippen LogP contribution is 2.22. The van der Waals surface area contributed by atoms with Gasteiger partial charge in [0.25, 0.3) is 0 Å². The van der Waals surface area contributed by atoms with Crippen molar-refractivity contribution in [3.63, 3.8) is 0 Å². The first-order valence-electron chi connectivity index (χ1n) is 8.52. The fourth-order valence-corrected chi connectivity index (χ4v) is 3.31. The van der Waals surface area contributed by atoms with Gasteiger partial charge in [0.2, 0.25) is 5.91 Å². The van der Waals surface area contributed by atoms with Crippen LogP contribution in [0.5, 0.6) is 0 Å². The summed E-state index contributed by atoms with van der Waals surface area (Å²) in [6.45, 7) is 4.70. The molecule has 0 aliphatic carbocycles. The summed E-state index contributed by atoms with van der Waals surface area (Å²) in [4.78, 5) is 13.7. The summed E-state index contributed by atoms with van der Waals surface area (Å²) in [5.74, 6) is 0.724. The Morgan fingerprint density at radius 1 is 1.42 bits per heavy atom. The zero-order chi connectivity index (χ0) is 16.9. The fourth-order valence-electron chi connectivity index (χ4n) is 3.31. The number of carbonyl (C=O) groups excluding carboxylic acids is 1. The van der Waals surface area contributed by atoms with Gasteiger partial charge >= 0.3 is 0 Å². The van der Waals surface area contributed by atoms with Crippen molar-refractivity contribution in [2.45, 2.75) is 32.4 Å². The van der Waals surface area contributed by atoms with E-state index in [0.29, 0.717) is 0 Å². The Morgan fingerprint density at radius 3 is 3.04 bits per heavy atom. The highest BCUT2D eigenvalue weighted by molar-refractivity contribution is 5.76. The monoisotopic (exact) mass is 327 g/mol. The van der Waals surface area contributed by atoms with Crippen LogP contribution in [0.4, 0.5) is 5.69 Å². The molecule has 2 aromatic rings. The maximum atomic E-state index is 11.4. The lowest BCUT2D eigenvalue weighted by molar-refractivity contribution is -0.123. The third kappa shape index (κ3) is 4.17. The third-order valence-corrected chi connectivity index (χ3v) is 4.59. The van der Waals surface area contributed by atoms with Crippen LogP contribution in [0.2, 0.25) is 0 Å². The third-order valence-electron chi connectivity index (χ3n) is 4.59. The van der Waals surface area contributed by atoms with Crippen LogP contribution in [0.25, 0.3) is 0 Å². The van der Waals surface area contributed by atoms with E-state index >= 15 is 0 Å². The second kappa shape index (κ2) is 7.53. The average molecular weight is 327 g/mol. The van der Waals surface area contributed by atoms with Gasteiger partial charge in [0.05, 0.1) is 18.2 Å². The molecule has 0 saturated carbocycles. The number of anilines is 1. The predicted octanol–water partition coefficient (Wildman–Crippen LogP) is 3.15. The molecule has 5 heteroatoms. The van der Waals surface area contributed by atoms with Gasteiger partial charge in [0.15, 0.2) is 0 Å². The molecule has 1 aliphatic heterocycles. The van der Waals surface area contributed by atoms with Gasteiger partial charge in [-0.1, -0.05) is 12.1 Å². The molecule has 3 rings (SSSR count). The molecular formula is C19H25N3O2. The topological polar surface area (TPSA) is 71.5 Å². The molecule has 0 bridgehead atoms. The van der Waals surface area contributed by atoms with Crippen molar-refractivity contribution in [3.05, 3.63) is 54.0 Å². The summed E-state index contributed by atoms with van der Waals surface area (Å²) >= 11 is 0. The normalized spacial score (nSPS) is 19.8. The van der Waals surface area contributed by atoms with Crippen LogP contribution in [-0.2, 0) is 11.3 Å². The number of hydrogen-bond donors (Lipinski definition) is 2.